The van der Waals surface area contributed by atoms with E-state index in [9.17, 15) is 9.59 Å². The summed E-state index contributed by atoms with van der Waals surface area (Å²) in [7, 11) is 0. The van der Waals surface area contributed by atoms with Crippen molar-refractivity contribution in [1.82, 2.24) is 4.90 Å². The molecular formula is C31H26Cl3N3O3. The number of furan rings is 1. The quantitative estimate of drug-likeness (QED) is 0.231. The van der Waals surface area contributed by atoms with Crippen LogP contribution in [0.1, 0.15) is 21.7 Å². The first kappa shape index (κ1) is 27.8. The lowest BCUT2D eigenvalue weighted by molar-refractivity contribution is -0.111. The molecule has 0 atom stereocenters. The van der Waals surface area contributed by atoms with Gasteiger partial charge in [-0.3, -0.25) is 9.59 Å². The predicted molar refractivity (Wildman–Crippen MR) is 163 cm³/mol. The number of carbonyl (C=O) groups is 2. The van der Waals surface area contributed by atoms with Gasteiger partial charge in [0.05, 0.1) is 15.7 Å². The molecule has 0 unspecified atom stereocenters. The SMILES string of the molecule is Cc1ccccc1C(=O)N1CCN(c2ccc(NC(=O)C=Cc3ccc(-c4ccc(Cl)cc4Cl)o3)cc2Cl)CC1. The molecule has 0 saturated carbocycles. The molecule has 0 radical (unpaired) electrons. The Bertz CT molecular complexity index is 1590. The Morgan fingerprint density at radius 1 is 0.875 bits per heavy atom. The summed E-state index contributed by atoms with van der Waals surface area (Å²) >= 11 is 18.8. The Kier molecular flexibility index (Phi) is 8.50. The zero-order chi connectivity index (χ0) is 28.2. The van der Waals surface area contributed by atoms with Crippen LogP contribution in [0.3, 0.4) is 0 Å². The van der Waals surface area contributed by atoms with Crippen LogP contribution in [0.4, 0.5) is 11.4 Å². The van der Waals surface area contributed by atoms with Crippen LogP contribution in [-0.4, -0.2) is 42.9 Å². The summed E-state index contributed by atoms with van der Waals surface area (Å²) in [6, 6.07) is 21.8. The van der Waals surface area contributed by atoms with Crippen LogP contribution in [0.25, 0.3) is 17.4 Å². The maximum absolute atomic E-state index is 12.9. The zero-order valence-corrected chi connectivity index (χ0v) is 23.9. The summed E-state index contributed by atoms with van der Waals surface area (Å²) in [5, 5.41) is 4.37. The van der Waals surface area contributed by atoms with Gasteiger partial charge in [0.2, 0.25) is 5.91 Å². The summed E-state index contributed by atoms with van der Waals surface area (Å²) in [5.74, 6) is 0.804. The standard InChI is InChI=1S/C31H26Cl3N3O3/c1-20-4-2-3-5-24(20)31(39)37-16-14-36(15-17-37)28-11-7-22(19-27(28)34)35-30(38)13-9-23-8-12-29(40-23)25-10-6-21(32)18-26(25)33/h2-13,18-19H,14-17H2,1H3,(H,35,38). The van der Waals surface area contributed by atoms with Crippen LogP contribution in [0.15, 0.2) is 83.3 Å². The molecule has 0 aliphatic carbocycles. The minimum atomic E-state index is -0.324. The molecule has 2 heterocycles. The second-order valence-electron chi connectivity index (χ2n) is 9.41. The third-order valence-electron chi connectivity index (χ3n) is 6.72. The first-order valence-corrected chi connectivity index (χ1v) is 13.9. The van der Waals surface area contributed by atoms with Gasteiger partial charge in [-0.05, 0) is 73.2 Å². The molecule has 40 heavy (non-hydrogen) atoms. The smallest absolute Gasteiger partial charge is 0.254 e. The molecule has 1 aliphatic heterocycles. The Balaban J connectivity index is 1.17. The minimum Gasteiger partial charge on any atom is -0.457 e. The molecule has 1 aliphatic rings. The van der Waals surface area contributed by atoms with Gasteiger partial charge in [0.15, 0.2) is 0 Å². The van der Waals surface area contributed by atoms with Crippen LogP contribution in [0.2, 0.25) is 15.1 Å². The van der Waals surface area contributed by atoms with E-state index in [1.165, 1.54) is 6.08 Å². The van der Waals surface area contributed by atoms with E-state index in [0.29, 0.717) is 64.0 Å². The summed E-state index contributed by atoms with van der Waals surface area (Å²) < 4.78 is 5.80. The average Bonchev–Trinajstić information content (AvgIpc) is 3.41. The van der Waals surface area contributed by atoms with Crippen molar-refractivity contribution < 1.29 is 14.0 Å². The highest BCUT2D eigenvalue weighted by Gasteiger charge is 2.24. The van der Waals surface area contributed by atoms with Crippen LogP contribution in [0, 0.1) is 6.92 Å². The topological polar surface area (TPSA) is 65.8 Å². The molecule has 2 amide bonds. The summed E-state index contributed by atoms with van der Waals surface area (Å²) in [6.45, 7) is 4.48. The number of piperazine rings is 1. The van der Waals surface area contributed by atoms with Crippen molar-refractivity contribution in [3.63, 3.8) is 0 Å². The van der Waals surface area contributed by atoms with E-state index in [1.807, 2.05) is 48.2 Å². The van der Waals surface area contributed by atoms with Crippen molar-refractivity contribution in [2.24, 2.45) is 0 Å². The molecule has 1 N–H and O–H groups in total. The molecule has 0 bridgehead atoms. The fourth-order valence-corrected chi connectivity index (χ4v) is 5.39. The van der Waals surface area contributed by atoms with E-state index in [2.05, 4.69) is 10.2 Å². The molecular weight excluding hydrogens is 569 g/mol. The second-order valence-corrected chi connectivity index (χ2v) is 10.7. The van der Waals surface area contributed by atoms with E-state index in [0.717, 1.165) is 16.8 Å². The molecule has 1 fully saturated rings. The van der Waals surface area contributed by atoms with E-state index >= 15 is 0 Å². The van der Waals surface area contributed by atoms with E-state index in [-0.39, 0.29) is 11.8 Å². The van der Waals surface area contributed by atoms with Crippen LogP contribution < -0.4 is 10.2 Å². The summed E-state index contributed by atoms with van der Waals surface area (Å²) in [6.07, 6.45) is 2.97. The normalized spacial score (nSPS) is 13.6. The Morgan fingerprint density at radius 3 is 2.38 bits per heavy atom. The number of amides is 2. The monoisotopic (exact) mass is 593 g/mol. The van der Waals surface area contributed by atoms with Gasteiger partial charge in [-0.1, -0.05) is 53.0 Å². The molecule has 204 valence electrons. The van der Waals surface area contributed by atoms with Crippen molar-refractivity contribution in [2.75, 3.05) is 36.4 Å². The molecule has 5 rings (SSSR count). The highest BCUT2D eigenvalue weighted by molar-refractivity contribution is 6.36. The number of hydrogen-bond donors (Lipinski definition) is 1. The van der Waals surface area contributed by atoms with E-state index in [1.54, 1.807) is 42.5 Å². The van der Waals surface area contributed by atoms with Crippen molar-refractivity contribution >= 4 is 64.1 Å². The molecule has 1 aromatic heterocycles. The third-order valence-corrected chi connectivity index (χ3v) is 7.57. The number of anilines is 2. The molecule has 0 spiro atoms. The maximum atomic E-state index is 12.9. The van der Waals surface area contributed by atoms with Crippen LogP contribution in [-0.2, 0) is 4.79 Å². The first-order chi connectivity index (χ1) is 19.3. The third kappa shape index (κ3) is 6.36. The van der Waals surface area contributed by atoms with Crippen LogP contribution >= 0.6 is 34.8 Å². The first-order valence-electron chi connectivity index (χ1n) is 12.7. The fraction of sp³-hybridized carbons (Fsp3) is 0.161. The lowest BCUT2D eigenvalue weighted by atomic mass is 10.1. The summed E-state index contributed by atoms with van der Waals surface area (Å²) in [4.78, 5) is 29.5. The zero-order valence-electron chi connectivity index (χ0n) is 21.7. The van der Waals surface area contributed by atoms with Gasteiger partial charge in [-0.25, -0.2) is 0 Å². The Hall–Kier alpha value is -3.71. The van der Waals surface area contributed by atoms with Crippen LogP contribution in [0.5, 0.6) is 0 Å². The van der Waals surface area contributed by atoms with Crippen molar-refractivity contribution in [1.29, 1.82) is 0 Å². The van der Waals surface area contributed by atoms with Gasteiger partial charge in [-0.2, -0.15) is 0 Å². The molecule has 4 aromatic rings. The molecule has 1 saturated heterocycles. The Labute approximate surface area is 247 Å². The fourth-order valence-electron chi connectivity index (χ4n) is 4.59. The van der Waals surface area contributed by atoms with E-state index in [4.69, 9.17) is 39.2 Å². The Morgan fingerprint density at radius 2 is 1.65 bits per heavy atom. The number of benzene rings is 3. The number of aryl methyl sites for hydroxylation is 1. The molecule has 3 aromatic carbocycles. The predicted octanol–water partition coefficient (Wildman–Crippen LogP) is 7.83. The maximum Gasteiger partial charge on any atom is 0.254 e. The highest BCUT2D eigenvalue weighted by Crippen LogP contribution is 2.32. The lowest BCUT2D eigenvalue weighted by Gasteiger charge is -2.36. The van der Waals surface area contributed by atoms with Crippen molar-refractivity contribution in [2.45, 2.75) is 6.92 Å². The number of nitrogens with zero attached hydrogens (tertiary/aromatic N) is 2. The largest absolute Gasteiger partial charge is 0.457 e. The van der Waals surface area contributed by atoms with Crippen molar-refractivity contribution in [3.05, 3.63) is 111 Å². The molecule has 9 heteroatoms. The van der Waals surface area contributed by atoms with Gasteiger partial charge < -0.3 is 19.5 Å². The number of nitrogens with one attached hydrogen (secondary N) is 1. The van der Waals surface area contributed by atoms with Crippen molar-refractivity contribution in [3.8, 4) is 11.3 Å². The average molecular weight is 595 g/mol. The summed E-state index contributed by atoms with van der Waals surface area (Å²) in [5.41, 5.74) is 3.86. The molecule has 6 nitrogen and oxygen atoms in total. The van der Waals surface area contributed by atoms with Gasteiger partial charge in [0.1, 0.15) is 11.5 Å². The number of carbonyl (C=O) groups excluding carboxylic acids is 2. The highest BCUT2D eigenvalue weighted by atomic mass is 35.5. The van der Waals surface area contributed by atoms with Gasteiger partial charge in [-0.15, -0.1) is 0 Å². The van der Waals surface area contributed by atoms with Gasteiger partial charge >= 0.3 is 0 Å². The second kappa shape index (κ2) is 12.2. The lowest BCUT2D eigenvalue weighted by Crippen LogP contribution is -2.49. The van der Waals surface area contributed by atoms with Gasteiger partial charge in [0, 0.05) is 54.1 Å². The van der Waals surface area contributed by atoms with Gasteiger partial charge in [0.25, 0.3) is 5.91 Å². The number of rotatable bonds is 6. The van der Waals surface area contributed by atoms with E-state index < -0.39 is 0 Å². The number of halogens is 3. The minimum absolute atomic E-state index is 0.0505. The number of hydrogen-bond acceptors (Lipinski definition) is 4.